The van der Waals surface area contributed by atoms with Crippen molar-refractivity contribution in [2.24, 2.45) is 5.10 Å². The molecule has 2 aromatic carbocycles. The van der Waals surface area contributed by atoms with Gasteiger partial charge in [-0.15, -0.1) is 0 Å². The van der Waals surface area contributed by atoms with E-state index < -0.39 is 17.6 Å². The molecule has 2 rings (SSSR count). The van der Waals surface area contributed by atoms with Crippen LogP contribution in [0.15, 0.2) is 53.6 Å². The largest absolute Gasteiger partial charge is 0.497 e. The summed E-state index contributed by atoms with van der Waals surface area (Å²) in [5, 5.41) is 6.43. The molecule has 0 aromatic heterocycles. The Morgan fingerprint density at radius 3 is 2.48 bits per heavy atom. The van der Waals surface area contributed by atoms with Crippen molar-refractivity contribution in [1.82, 2.24) is 5.43 Å². The Hall–Kier alpha value is -3.03. The minimum Gasteiger partial charge on any atom is -0.497 e. The SMILES string of the molecule is COc1ccc(NCC(=O)N/N=C/c2ccccc2C(F)(F)F)cc1. The van der Waals surface area contributed by atoms with Crippen LogP contribution in [0.2, 0.25) is 0 Å². The Morgan fingerprint density at radius 2 is 1.84 bits per heavy atom. The first-order chi connectivity index (χ1) is 11.9. The fourth-order valence-electron chi connectivity index (χ4n) is 1.97. The van der Waals surface area contributed by atoms with E-state index in [2.05, 4.69) is 15.8 Å². The summed E-state index contributed by atoms with van der Waals surface area (Å²) in [5.41, 5.74) is 1.93. The number of hydrogen-bond acceptors (Lipinski definition) is 4. The van der Waals surface area contributed by atoms with Crippen molar-refractivity contribution in [3.05, 3.63) is 59.7 Å². The van der Waals surface area contributed by atoms with Gasteiger partial charge in [0, 0.05) is 11.3 Å². The molecule has 2 aromatic rings. The zero-order valence-electron chi connectivity index (χ0n) is 13.3. The second-order valence-electron chi connectivity index (χ2n) is 4.96. The van der Waals surface area contributed by atoms with Crippen molar-refractivity contribution in [1.29, 1.82) is 0 Å². The molecule has 0 aliphatic carbocycles. The Balaban J connectivity index is 1.88. The minimum atomic E-state index is -4.48. The highest BCUT2D eigenvalue weighted by atomic mass is 19.4. The number of ether oxygens (including phenoxy) is 1. The molecular weight excluding hydrogens is 335 g/mol. The van der Waals surface area contributed by atoms with Crippen LogP contribution >= 0.6 is 0 Å². The van der Waals surface area contributed by atoms with Crippen molar-refractivity contribution in [3.8, 4) is 5.75 Å². The first-order valence-electron chi connectivity index (χ1n) is 7.26. The number of carbonyl (C=O) groups is 1. The molecule has 25 heavy (non-hydrogen) atoms. The van der Waals surface area contributed by atoms with E-state index in [-0.39, 0.29) is 12.1 Å². The molecule has 0 aliphatic heterocycles. The first kappa shape index (κ1) is 18.3. The van der Waals surface area contributed by atoms with Gasteiger partial charge in [-0.3, -0.25) is 4.79 Å². The number of methoxy groups -OCH3 is 1. The van der Waals surface area contributed by atoms with Crippen LogP contribution in [-0.4, -0.2) is 25.8 Å². The lowest BCUT2D eigenvalue weighted by atomic mass is 10.1. The molecule has 132 valence electrons. The monoisotopic (exact) mass is 351 g/mol. The van der Waals surface area contributed by atoms with Gasteiger partial charge in [-0.1, -0.05) is 18.2 Å². The Morgan fingerprint density at radius 1 is 1.16 bits per heavy atom. The number of alkyl halides is 3. The molecule has 0 saturated heterocycles. The van der Waals surface area contributed by atoms with Crippen LogP contribution in [0.1, 0.15) is 11.1 Å². The standard InChI is InChI=1S/C17H16F3N3O2/c1-25-14-8-6-13(7-9-14)21-11-16(24)23-22-10-12-4-2-3-5-15(12)17(18,19)20/h2-10,21H,11H2,1H3,(H,23,24)/b22-10+. The van der Waals surface area contributed by atoms with E-state index in [0.29, 0.717) is 11.4 Å². The van der Waals surface area contributed by atoms with Gasteiger partial charge in [0.2, 0.25) is 0 Å². The number of benzene rings is 2. The number of rotatable bonds is 6. The van der Waals surface area contributed by atoms with Gasteiger partial charge in [0.15, 0.2) is 0 Å². The van der Waals surface area contributed by atoms with Gasteiger partial charge < -0.3 is 10.1 Å². The van der Waals surface area contributed by atoms with Crippen molar-refractivity contribution in [2.75, 3.05) is 19.0 Å². The molecule has 5 nitrogen and oxygen atoms in total. The normalized spacial score (nSPS) is 11.4. The molecule has 0 spiro atoms. The second kappa shape index (κ2) is 8.18. The van der Waals surface area contributed by atoms with Crippen LogP contribution in [0.3, 0.4) is 0 Å². The van der Waals surface area contributed by atoms with Crippen molar-refractivity contribution in [2.45, 2.75) is 6.18 Å². The summed E-state index contributed by atoms with van der Waals surface area (Å²) >= 11 is 0. The Labute approximate surface area is 142 Å². The summed E-state index contributed by atoms with van der Waals surface area (Å²) in [6.45, 7) is -0.0788. The van der Waals surface area contributed by atoms with E-state index in [4.69, 9.17) is 4.74 Å². The molecule has 1 amide bonds. The summed E-state index contributed by atoms with van der Waals surface area (Å²) in [6.07, 6.45) is -3.52. The number of amides is 1. The lowest BCUT2D eigenvalue weighted by Gasteiger charge is -2.09. The van der Waals surface area contributed by atoms with Crippen LogP contribution < -0.4 is 15.5 Å². The number of anilines is 1. The number of carbonyl (C=O) groups excluding carboxylic acids is 1. The predicted molar refractivity (Wildman–Crippen MR) is 88.7 cm³/mol. The summed E-state index contributed by atoms with van der Waals surface area (Å²) in [5.74, 6) is 0.194. The average Bonchev–Trinajstić information content (AvgIpc) is 2.60. The molecule has 0 aliphatic rings. The lowest BCUT2D eigenvalue weighted by molar-refractivity contribution is -0.137. The third-order valence-electron chi connectivity index (χ3n) is 3.20. The van der Waals surface area contributed by atoms with Gasteiger partial charge in [0.25, 0.3) is 5.91 Å². The highest BCUT2D eigenvalue weighted by Crippen LogP contribution is 2.31. The van der Waals surface area contributed by atoms with E-state index in [0.717, 1.165) is 12.3 Å². The van der Waals surface area contributed by atoms with Crippen molar-refractivity contribution < 1.29 is 22.7 Å². The predicted octanol–water partition coefficient (Wildman–Crippen LogP) is 3.28. The fraction of sp³-hybridized carbons (Fsp3) is 0.176. The van der Waals surface area contributed by atoms with Crippen LogP contribution in [0.5, 0.6) is 5.75 Å². The number of hydrazone groups is 1. The van der Waals surface area contributed by atoms with Crippen molar-refractivity contribution in [3.63, 3.8) is 0 Å². The van der Waals surface area contributed by atoms with Crippen LogP contribution in [0.4, 0.5) is 18.9 Å². The van der Waals surface area contributed by atoms with Crippen LogP contribution in [-0.2, 0) is 11.0 Å². The van der Waals surface area contributed by atoms with E-state index in [1.165, 1.54) is 18.2 Å². The average molecular weight is 351 g/mol. The van der Waals surface area contributed by atoms with Gasteiger partial charge in [-0.25, -0.2) is 5.43 Å². The lowest BCUT2D eigenvalue weighted by Crippen LogP contribution is -2.26. The van der Waals surface area contributed by atoms with Crippen molar-refractivity contribution >= 4 is 17.8 Å². The topological polar surface area (TPSA) is 62.7 Å². The summed E-state index contributed by atoms with van der Waals surface area (Å²) in [6, 6.07) is 11.9. The molecule has 0 atom stereocenters. The molecule has 0 bridgehead atoms. The third-order valence-corrected chi connectivity index (χ3v) is 3.20. The van der Waals surface area contributed by atoms with E-state index in [1.807, 2.05) is 0 Å². The maximum Gasteiger partial charge on any atom is 0.417 e. The summed E-state index contributed by atoms with van der Waals surface area (Å²) in [7, 11) is 1.55. The van der Waals surface area contributed by atoms with E-state index >= 15 is 0 Å². The molecule has 8 heteroatoms. The smallest absolute Gasteiger partial charge is 0.417 e. The Kier molecular flexibility index (Phi) is 5.99. The molecule has 2 N–H and O–H groups in total. The number of nitrogens with one attached hydrogen (secondary N) is 2. The summed E-state index contributed by atoms with van der Waals surface area (Å²) < 4.78 is 43.5. The number of nitrogens with zero attached hydrogens (tertiary/aromatic N) is 1. The number of hydrogen-bond donors (Lipinski definition) is 2. The van der Waals surface area contributed by atoms with Gasteiger partial charge >= 0.3 is 6.18 Å². The van der Waals surface area contributed by atoms with Gasteiger partial charge in [-0.2, -0.15) is 18.3 Å². The summed E-state index contributed by atoms with van der Waals surface area (Å²) in [4.78, 5) is 11.7. The highest BCUT2D eigenvalue weighted by Gasteiger charge is 2.32. The molecule has 0 radical (unpaired) electrons. The highest BCUT2D eigenvalue weighted by molar-refractivity contribution is 5.85. The Bertz CT molecular complexity index is 744. The second-order valence-corrected chi connectivity index (χ2v) is 4.96. The van der Waals surface area contributed by atoms with Gasteiger partial charge in [0.1, 0.15) is 5.75 Å². The quantitative estimate of drug-likeness (QED) is 0.620. The van der Waals surface area contributed by atoms with E-state index in [1.54, 1.807) is 31.4 Å². The van der Waals surface area contributed by atoms with Gasteiger partial charge in [0.05, 0.1) is 25.4 Å². The maximum atomic E-state index is 12.8. The molecular formula is C17H16F3N3O2. The minimum absolute atomic E-state index is 0.0788. The van der Waals surface area contributed by atoms with Gasteiger partial charge in [-0.05, 0) is 30.3 Å². The number of halogens is 3. The molecule has 0 heterocycles. The zero-order valence-corrected chi connectivity index (χ0v) is 13.3. The molecule has 0 saturated carbocycles. The zero-order chi connectivity index (χ0) is 18.3. The first-order valence-corrected chi connectivity index (χ1v) is 7.26. The third kappa shape index (κ3) is 5.52. The fourth-order valence-corrected chi connectivity index (χ4v) is 1.97. The van der Waals surface area contributed by atoms with E-state index in [9.17, 15) is 18.0 Å². The molecule has 0 unspecified atom stereocenters. The van der Waals surface area contributed by atoms with Crippen LogP contribution in [0.25, 0.3) is 0 Å². The molecule has 0 fully saturated rings. The van der Waals surface area contributed by atoms with Crippen LogP contribution in [0, 0.1) is 0 Å². The maximum absolute atomic E-state index is 12.8.